The molecule has 1 rings (SSSR count). The first-order valence-electron chi connectivity index (χ1n) is 6.96. The van der Waals surface area contributed by atoms with E-state index in [1.165, 1.54) is 6.92 Å². The number of benzene rings is 1. The molecule has 0 unspecified atom stereocenters. The fourth-order valence-electron chi connectivity index (χ4n) is 1.59. The molecule has 0 aliphatic rings. The summed E-state index contributed by atoms with van der Waals surface area (Å²) < 4.78 is 32.6. The summed E-state index contributed by atoms with van der Waals surface area (Å²) in [6.45, 7) is 5.30. The van der Waals surface area contributed by atoms with Gasteiger partial charge in [0.1, 0.15) is 17.5 Å². The van der Waals surface area contributed by atoms with Crippen LogP contribution in [0.2, 0.25) is 0 Å². The van der Waals surface area contributed by atoms with E-state index in [4.69, 9.17) is 18.5 Å². The number of esters is 1. The molecular formula is C14H22NO6P. The van der Waals surface area contributed by atoms with Gasteiger partial charge in [-0.1, -0.05) is 0 Å². The molecule has 0 fully saturated rings. The monoisotopic (exact) mass is 331 g/mol. The zero-order chi connectivity index (χ0) is 16.6. The summed E-state index contributed by atoms with van der Waals surface area (Å²) in [4.78, 5) is 12.0. The van der Waals surface area contributed by atoms with Gasteiger partial charge in [0.15, 0.2) is 0 Å². The van der Waals surface area contributed by atoms with Gasteiger partial charge in [-0.15, -0.1) is 0 Å². The van der Waals surface area contributed by atoms with Crippen LogP contribution in [0.5, 0.6) is 11.5 Å². The molecule has 0 aliphatic heterocycles. The third-order valence-electron chi connectivity index (χ3n) is 2.58. The molecular weight excluding hydrogens is 309 g/mol. The number of rotatable bonds is 9. The summed E-state index contributed by atoms with van der Waals surface area (Å²) in [6.07, 6.45) is 0. The van der Waals surface area contributed by atoms with Crippen LogP contribution in [0.1, 0.15) is 20.8 Å². The highest BCUT2D eigenvalue weighted by Gasteiger charge is 2.29. The lowest BCUT2D eigenvalue weighted by molar-refractivity contribution is -0.136. The van der Waals surface area contributed by atoms with Crippen LogP contribution in [-0.2, 0) is 18.4 Å². The third kappa shape index (κ3) is 5.77. The van der Waals surface area contributed by atoms with E-state index in [-0.39, 0.29) is 13.2 Å². The molecule has 8 heteroatoms. The number of methoxy groups -OCH3 is 1. The van der Waals surface area contributed by atoms with Crippen LogP contribution in [0.25, 0.3) is 0 Å². The standard InChI is InChI=1S/C14H22NO6P/c1-5-19-22(17,20-6-2)15-11(3)14(16)21-13-9-7-12(18-4)8-10-13/h7-11H,5-6H2,1-4H3,(H,15,17)/t11-/m0/s1. The van der Waals surface area contributed by atoms with E-state index >= 15 is 0 Å². The second kappa shape index (κ2) is 8.90. The zero-order valence-electron chi connectivity index (χ0n) is 13.2. The average molecular weight is 331 g/mol. The Morgan fingerprint density at radius 1 is 1.14 bits per heavy atom. The first kappa shape index (κ1) is 18.6. The van der Waals surface area contributed by atoms with Gasteiger partial charge in [-0.2, -0.15) is 0 Å². The van der Waals surface area contributed by atoms with Crippen molar-refractivity contribution in [2.75, 3.05) is 20.3 Å². The quantitative estimate of drug-likeness (QED) is 0.423. The summed E-state index contributed by atoms with van der Waals surface area (Å²) in [5.41, 5.74) is 0. The number of carbonyl (C=O) groups excluding carboxylic acids is 1. The molecule has 0 heterocycles. The fourth-order valence-corrected chi connectivity index (χ4v) is 3.07. The average Bonchev–Trinajstić information content (AvgIpc) is 2.48. The summed E-state index contributed by atoms with van der Waals surface area (Å²) >= 11 is 0. The van der Waals surface area contributed by atoms with Crippen molar-refractivity contribution >= 4 is 13.7 Å². The number of nitrogens with one attached hydrogen (secondary N) is 1. The molecule has 0 amide bonds. The van der Waals surface area contributed by atoms with Gasteiger partial charge in [0.2, 0.25) is 0 Å². The SMILES string of the molecule is CCOP(=O)(N[C@@H](C)C(=O)Oc1ccc(OC)cc1)OCC. The third-order valence-corrected chi connectivity index (χ3v) is 4.48. The van der Waals surface area contributed by atoms with Crippen LogP contribution in [0.15, 0.2) is 24.3 Å². The predicted molar refractivity (Wildman–Crippen MR) is 82.1 cm³/mol. The van der Waals surface area contributed by atoms with Crippen LogP contribution >= 0.6 is 7.75 Å². The molecule has 0 spiro atoms. The van der Waals surface area contributed by atoms with Crippen molar-refractivity contribution in [2.24, 2.45) is 0 Å². The van der Waals surface area contributed by atoms with E-state index in [9.17, 15) is 9.36 Å². The molecule has 1 aromatic carbocycles. The topological polar surface area (TPSA) is 83.1 Å². The maximum Gasteiger partial charge on any atom is 0.406 e. The van der Waals surface area contributed by atoms with E-state index in [0.717, 1.165) is 0 Å². The van der Waals surface area contributed by atoms with Crippen molar-refractivity contribution in [2.45, 2.75) is 26.8 Å². The predicted octanol–water partition coefficient (Wildman–Crippen LogP) is 2.76. The molecule has 1 aromatic rings. The second-order valence-corrected chi connectivity index (χ2v) is 6.05. The zero-order valence-corrected chi connectivity index (χ0v) is 14.1. The minimum atomic E-state index is -3.52. The number of hydrogen-bond donors (Lipinski definition) is 1. The van der Waals surface area contributed by atoms with E-state index in [1.807, 2.05) is 0 Å². The van der Waals surface area contributed by atoms with E-state index < -0.39 is 19.8 Å². The molecule has 0 aromatic heterocycles. The molecule has 0 bridgehead atoms. The van der Waals surface area contributed by atoms with Gasteiger partial charge in [0.25, 0.3) is 0 Å². The van der Waals surface area contributed by atoms with Gasteiger partial charge in [-0.3, -0.25) is 9.05 Å². The molecule has 1 N–H and O–H groups in total. The molecule has 1 atom stereocenters. The Balaban J connectivity index is 2.65. The normalized spacial score (nSPS) is 12.7. The lowest BCUT2D eigenvalue weighted by atomic mass is 10.3. The fraction of sp³-hybridized carbons (Fsp3) is 0.500. The second-order valence-electron chi connectivity index (χ2n) is 4.28. The van der Waals surface area contributed by atoms with Crippen LogP contribution in [0.3, 0.4) is 0 Å². The lowest BCUT2D eigenvalue weighted by Gasteiger charge is -2.21. The summed E-state index contributed by atoms with van der Waals surface area (Å²) in [7, 11) is -1.97. The van der Waals surface area contributed by atoms with Crippen LogP contribution in [-0.4, -0.2) is 32.3 Å². The number of carbonyl (C=O) groups is 1. The first-order chi connectivity index (χ1) is 10.4. The minimum Gasteiger partial charge on any atom is -0.497 e. The lowest BCUT2D eigenvalue weighted by Crippen LogP contribution is -2.36. The Morgan fingerprint density at radius 2 is 1.64 bits per heavy atom. The van der Waals surface area contributed by atoms with Gasteiger partial charge in [-0.25, -0.2) is 14.4 Å². The smallest absolute Gasteiger partial charge is 0.406 e. The number of hydrogen-bond acceptors (Lipinski definition) is 6. The van der Waals surface area contributed by atoms with Crippen molar-refractivity contribution in [1.29, 1.82) is 0 Å². The Bertz CT molecular complexity index is 509. The van der Waals surface area contributed by atoms with Gasteiger partial charge < -0.3 is 9.47 Å². The highest BCUT2D eigenvalue weighted by Crippen LogP contribution is 2.43. The van der Waals surface area contributed by atoms with Gasteiger partial charge in [0.05, 0.1) is 20.3 Å². The number of ether oxygens (including phenoxy) is 2. The van der Waals surface area contributed by atoms with Crippen molar-refractivity contribution in [3.8, 4) is 11.5 Å². The Labute approximate surface area is 130 Å². The van der Waals surface area contributed by atoms with Crippen molar-refractivity contribution in [1.82, 2.24) is 5.09 Å². The molecule has 0 radical (unpaired) electrons. The van der Waals surface area contributed by atoms with E-state index in [0.29, 0.717) is 11.5 Å². The maximum absolute atomic E-state index is 12.3. The first-order valence-corrected chi connectivity index (χ1v) is 8.51. The molecule has 0 saturated heterocycles. The van der Waals surface area contributed by atoms with Crippen LogP contribution < -0.4 is 14.6 Å². The molecule has 0 aliphatic carbocycles. The summed E-state index contributed by atoms with van der Waals surface area (Å²) in [6, 6.07) is 5.70. The molecule has 7 nitrogen and oxygen atoms in total. The molecule has 0 saturated carbocycles. The molecule has 22 heavy (non-hydrogen) atoms. The van der Waals surface area contributed by atoms with E-state index in [2.05, 4.69) is 5.09 Å². The van der Waals surface area contributed by atoms with Crippen molar-refractivity contribution < 1.29 is 27.9 Å². The minimum absolute atomic E-state index is 0.199. The Hall–Kier alpha value is -1.40. The van der Waals surface area contributed by atoms with Gasteiger partial charge >= 0.3 is 13.7 Å². The van der Waals surface area contributed by atoms with Crippen molar-refractivity contribution in [3.63, 3.8) is 0 Å². The summed E-state index contributed by atoms with van der Waals surface area (Å²) in [5, 5.41) is 2.55. The summed E-state index contributed by atoms with van der Waals surface area (Å²) in [5.74, 6) is 0.426. The van der Waals surface area contributed by atoms with Crippen LogP contribution in [0, 0.1) is 0 Å². The Kier molecular flexibility index (Phi) is 7.55. The van der Waals surface area contributed by atoms with Crippen molar-refractivity contribution in [3.05, 3.63) is 24.3 Å². The maximum atomic E-state index is 12.3. The van der Waals surface area contributed by atoms with Crippen LogP contribution in [0.4, 0.5) is 0 Å². The highest BCUT2D eigenvalue weighted by molar-refractivity contribution is 7.51. The highest BCUT2D eigenvalue weighted by atomic mass is 31.2. The largest absolute Gasteiger partial charge is 0.497 e. The van der Waals surface area contributed by atoms with Gasteiger partial charge in [-0.05, 0) is 45.0 Å². The molecule has 124 valence electrons. The van der Waals surface area contributed by atoms with E-state index in [1.54, 1.807) is 45.2 Å². The van der Waals surface area contributed by atoms with Gasteiger partial charge in [0, 0.05) is 0 Å². The Morgan fingerprint density at radius 3 is 2.09 bits per heavy atom.